The molecule has 2 fully saturated rings. The second kappa shape index (κ2) is 17.7. The van der Waals surface area contributed by atoms with Gasteiger partial charge in [-0.05, 0) is 54.8 Å². The highest BCUT2D eigenvalue weighted by Crippen LogP contribution is 2.42. The number of hydrogen-bond acceptors (Lipinski definition) is 7. The zero-order valence-electron chi connectivity index (χ0n) is 33.2. The van der Waals surface area contributed by atoms with Crippen LogP contribution in [0.5, 0.6) is 0 Å². The van der Waals surface area contributed by atoms with E-state index in [2.05, 4.69) is 35.1 Å². The summed E-state index contributed by atoms with van der Waals surface area (Å²) in [6, 6.07) is -3.73. The van der Waals surface area contributed by atoms with E-state index < -0.39 is 76.3 Å². The maximum atomic E-state index is 14.3. The third kappa shape index (κ3) is 12.6. The van der Waals surface area contributed by atoms with Crippen molar-refractivity contribution in [3.05, 3.63) is 0 Å². The molecule has 0 bridgehead atoms. The van der Waals surface area contributed by atoms with Crippen molar-refractivity contribution < 1.29 is 39.0 Å². The fraction of sp³-hybridized carbons (Fsp3) is 0.846. The molecule has 51 heavy (non-hydrogen) atoms. The van der Waals surface area contributed by atoms with E-state index in [1.165, 1.54) is 0 Å². The highest BCUT2D eigenvalue weighted by molar-refractivity contribution is 5.98. The quantitative estimate of drug-likeness (QED) is 0.134. The maximum absolute atomic E-state index is 14.3. The van der Waals surface area contributed by atoms with Crippen molar-refractivity contribution >= 4 is 35.4 Å². The van der Waals surface area contributed by atoms with Gasteiger partial charge in [-0.1, -0.05) is 95.4 Å². The van der Waals surface area contributed by atoms with Crippen LogP contribution in [0, 0.1) is 39.4 Å². The molecule has 12 heteroatoms. The van der Waals surface area contributed by atoms with E-state index in [0.717, 1.165) is 19.3 Å². The molecule has 12 nitrogen and oxygen atoms in total. The lowest BCUT2D eigenvalue weighted by molar-refractivity contribution is -0.155. The molecule has 0 saturated heterocycles. The second-order valence-electron chi connectivity index (χ2n) is 18.8. The average molecular weight is 721 g/mol. The molecular weight excluding hydrogens is 652 g/mol. The topological polar surface area (TPSA) is 191 Å². The van der Waals surface area contributed by atoms with Gasteiger partial charge in [0, 0.05) is 24.3 Å². The number of carboxylic acid groups (broad SMARTS) is 1. The number of urea groups is 1. The molecule has 0 spiro atoms. The SMILES string of the molecule is C[C@@H]1CCC[C@H](C)C1NC(=O)N[C@H](C(=O)C[C@@H](CC(=O)C(C)(C)C)C(=O)N[C@H](C(=O)N[C@H](CO)CC(C)(C)C)C1(C(=O)O)CCCC1)C(C)(C)C. The molecule has 0 aromatic rings. The number of nitrogens with one attached hydrogen (secondary N) is 4. The number of carboxylic acids is 1. The van der Waals surface area contributed by atoms with Gasteiger partial charge in [0.15, 0.2) is 5.78 Å². The number of aliphatic hydroxyl groups excluding tert-OH is 1. The molecule has 0 aliphatic heterocycles. The monoisotopic (exact) mass is 721 g/mol. The molecule has 0 radical (unpaired) electrons. The number of carbonyl (C=O) groups is 6. The van der Waals surface area contributed by atoms with Crippen molar-refractivity contribution in [1.29, 1.82) is 0 Å². The molecule has 2 saturated carbocycles. The smallest absolute Gasteiger partial charge is 0.315 e. The number of hydrogen-bond donors (Lipinski definition) is 6. The molecule has 292 valence electrons. The summed E-state index contributed by atoms with van der Waals surface area (Å²) in [5, 5.41) is 32.0. The lowest BCUT2D eigenvalue weighted by Gasteiger charge is -2.37. The lowest BCUT2D eigenvalue weighted by atomic mass is 9.76. The minimum absolute atomic E-state index is 0.0496. The van der Waals surface area contributed by atoms with E-state index in [4.69, 9.17) is 0 Å². The summed E-state index contributed by atoms with van der Waals surface area (Å²) in [7, 11) is 0. The summed E-state index contributed by atoms with van der Waals surface area (Å²) in [6.45, 7) is 20.2. The van der Waals surface area contributed by atoms with Crippen LogP contribution in [0.1, 0.15) is 140 Å². The van der Waals surface area contributed by atoms with Crippen LogP contribution in [0.15, 0.2) is 0 Å². The van der Waals surface area contributed by atoms with Gasteiger partial charge in [-0.2, -0.15) is 0 Å². The molecule has 2 aliphatic rings. The van der Waals surface area contributed by atoms with Crippen molar-refractivity contribution in [2.45, 2.75) is 165 Å². The zero-order valence-corrected chi connectivity index (χ0v) is 33.2. The number of ketones is 2. The van der Waals surface area contributed by atoms with Crippen LogP contribution >= 0.6 is 0 Å². The Morgan fingerprint density at radius 3 is 1.76 bits per heavy atom. The zero-order chi connectivity index (χ0) is 39.1. The van der Waals surface area contributed by atoms with Crippen LogP contribution in [-0.4, -0.2) is 76.4 Å². The number of aliphatic hydroxyl groups is 1. The van der Waals surface area contributed by atoms with Gasteiger partial charge in [0.25, 0.3) is 0 Å². The third-order valence-corrected chi connectivity index (χ3v) is 10.8. The summed E-state index contributed by atoms with van der Waals surface area (Å²) in [5.74, 6) is -4.16. The Hall–Kier alpha value is -3.02. The van der Waals surface area contributed by atoms with E-state index in [-0.39, 0.29) is 54.9 Å². The molecule has 6 N–H and O–H groups in total. The highest BCUT2D eigenvalue weighted by atomic mass is 16.4. The Morgan fingerprint density at radius 2 is 1.31 bits per heavy atom. The standard InChI is InChI=1S/C39H68N4O8/c1-23-15-14-16-24(2)29(23)41-35(51)43-30(38(9,10)11)27(45)19-25(20-28(46)37(6,7)8)32(47)42-31(39(34(49)50)17-12-13-18-39)33(48)40-26(22-44)21-36(3,4)5/h23-26,29-31,44H,12-22H2,1-11H3,(H,40,48)(H,42,47)(H,49,50)(H2,41,43,51)/t23-,24+,25-,26-,29?,30+,31+/m0/s1. The number of Topliss-reactive ketones (excluding diaryl/α,β-unsaturated/α-hetero) is 2. The molecule has 0 heterocycles. The molecule has 1 unspecified atom stereocenters. The van der Waals surface area contributed by atoms with Gasteiger partial charge >= 0.3 is 12.0 Å². The molecular formula is C39H68N4O8. The predicted octanol–water partition coefficient (Wildman–Crippen LogP) is 5.15. The lowest BCUT2D eigenvalue weighted by Crippen LogP contribution is -2.61. The summed E-state index contributed by atoms with van der Waals surface area (Å²) in [6.07, 6.45) is 4.14. The van der Waals surface area contributed by atoms with Crippen molar-refractivity contribution in [3.63, 3.8) is 0 Å². The predicted molar refractivity (Wildman–Crippen MR) is 197 cm³/mol. The third-order valence-electron chi connectivity index (χ3n) is 10.8. The van der Waals surface area contributed by atoms with Crippen LogP contribution in [0.2, 0.25) is 0 Å². The number of carbonyl (C=O) groups excluding carboxylic acids is 5. The summed E-state index contributed by atoms with van der Waals surface area (Å²) < 4.78 is 0. The fourth-order valence-corrected chi connectivity index (χ4v) is 7.75. The van der Waals surface area contributed by atoms with E-state index in [1.807, 2.05) is 41.5 Å². The van der Waals surface area contributed by atoms with Crippen LogP contribution in [0.4, 0.5) is 4.79 Å². The Balaban J connectivity index is 2.45. The maximum Gasteiger partial charge on any atom is 0.315 e. The van der Waals surface area contributed by atoms with Crippen LogP contribution in [0.25, 0.3) is 0 Å². The van der Waals surface area contributed by atoms with E-state index in [0.29, 0.717) is 19.3 Å². The Bertz CT molecular complexity index is 1240. The van der Waals surface area contributed by atoms with Crippen molar-refractivity contribution in [3.8, 4) is 0 Å². The largest absolute Gasteiger partial charge is 0.481 e. The highest BCUT2D eigenvalue weighted by Gasteiger charge is 2.53. The summed E-state index contributed by atoms with van der Waals surface area (Å²) >= 11 is 0. The normalized spacial score (nSPS) is 23.3. The Morgan fingerprint density at radius 1 is 0.765 bits per heavy atom. The first-order valence-corrected chi connectivity index (χ1v) is 18.9. The van der Waals surface area contributed by atoms with Crippen LogP contribution in [0.3, 0.4) is 0 Å². The summed E-state index contributed by atoms with van der Waals surface area (Å²) in [5.41, 5.74) is -3.47. The molecule has 0 aromatic carbocycles. The van der Waals surface area contributed by atoms with Gasteiger partial charge < -0.3 is 31.5 Å². The van der Waals surface area contributed by atoms with Crippen molar-refractivity contribution in [1.82, 2.24) is 21.3 Å². The molecule has 2 rings (SSSR count). The minimum Gasteiger partial charge on any atom is -0.481 e. The second-order valence-corrected chi connectivity index (χ2v) is 18.8. The first kappa shape index (κ1) is 44.1. The van der Waals surface area contributed by atoms with E-state index >= 15 is 0 Å². The first-order valence-electron chi connectivity index (χ1n) is 18.9. The van der Waals surface area contributed by atoms with Gasteiger partial charge in [0.2, 0.25) is 11.8 Å². The van der Waals surface area contributed by atoms with Gasteiger partial charge in [0.05, 0.1) is 30.0 Å². The molecule has 2 aliphatic carbocycles. The van der Waals surface area contributed by atoms with Gasteiger partial charge in [-0.15, -0.1) is 0 Å². The van der Waals surface area contributed by atoms with Crippen molar-refractivity contribution in [2.75, 3.05) is 6.61 Å². The van der Waals surface area contributed by atoms with E-state index in [9.17, 15) is 39.0 Å². The molecule has 4 amide bonds. The number of aliphatic carboxylic acids is 1. The Labute approximate surface area is 305 Å². The van der Waals surface area contributed by atoms with E-state index in [1.54, 1.807) is 20.8 Å². The van der Waals surface area contributed by atoms with Gasteiger partial charge in [0.1, 0.15) is 11.8 Å². The average Bonchev–Trinajstić information content (AvgIpc) is 3.49. The number of amides is 4. The Kier molecular flexibility index (Phi) is 15.3. The fourth-order valence-electron chi connectivity index (χ4n) is 7.75. The van der Waals surface area contributed by atoms with Gasteiger partial charge in [-0.25, -0.2) is 4.79 Å². The molecule has 7 atom stereocenters. The van der Waals surface area contributed by atoms with Crippen molar-refractivity contribution in [2.24, 2.45) is 39.4 Å². The summed E-state index contributed by atoms with van der Waals surface area (Å²) in [4.78, 5) is 81.9. The van der Waals surface area contributed by atoms with Gasteiger partial charge in [-0.3, -0.25) is 24.0 Å². The number of rotatable bonds is 15. The minimum atomic E-state index is -1.61. The first-order chi connectivity index (χ1) is 23.3. The van der Waals surface area contributed by atoms with Crippen LogP contribution in [-0.2, 0) is 24.0 Å². The molecule has 0 aromatic heterocycles. The van der Waals surface area contributed by atoms with Crippen LogP contribution < -0.4 is 21.3 Å².